The zero-order chi connectivity index (χ0) is 19.6. The first-order chi connectivity index (χ1) is 12.9. The Morgan fingerprint density at radius 3 is 2.37 bits per heavy atom. The molecule has 0 radical (unpaired) electrons. The van der Waals surface area contributed by atoms with Crippen LogP contribution < -0.4 is 11.2 Å². The van der Waals surface area contributed by atoms with E-state index in [9.17, 15) is 14.7 Å². The molecule has 1 aromatic rings. The Kier molecular flexibility index (Phi) is 6.83. The van der Waals surface area contributed by atoms with Crippen LogP contribution in [0.3, 0.4) is 0 Å². The molecule has 0 amide bonds. The summed E-state index contributed by atoms with van der Waals surface area (Å²) in [5.74, 6) is 0. The van der Waals surface area contributed by atoms with Crippen molar-refractivity contribution in [1.82, 2.24) is 9.55 Å². The number of hydrogen-bond donors (Lipinski definition) is 2. The third-order valence-corrected chi connectivity index (χ3v) is 15.8. The third kappa shape index (κ3) is 4.19. The molecule has 1 unspecified atom stereocenters. The summed E-state index contributed by atoms with van der Waals surface area (Å²) < 4.78 is 22.4. The SMILES string of the molecule is CCC[CH2][Sn]1([CH2]CCC)[O]C2[C@@H](CO)O[C@@H](n3cc(C)c(=O)[nH]c3=O)[C@H]2[O]1. The van der Waals surface area contributed by atoms with Crippen LogP contribution >= 0.6 is 0 Å². The Hall–Kier alpha value is -0.681. The number of rotatable bonds is 8. The second kappa shape index (κ2) is 8.77. The second-order valence-electron chi connectivity index (χ2n) is 7.51. The van der Waals surface area contributed by atoms with E-state index >= 15 is 0 Å². The quantitative estimate of drug-likeness (QED) is 0.538. The molecule has 8 nitrogen and oxygen atoms in total. The molecule has 2 N–H and O–H groups in total. The van der Waals surface area contributed by atoms with Gasteiger partial charge in [0.05, 0.1) is 0 Å². The fourth-order valence-electron chi connectivity index (χ4n) is 3.90. The summed E-state index contributed by atoms with van der Waals surface area (Å²) in [5.41, 5.74) is -0.522. The van der Waals surface area contributed by atoms with Gasteiger partial charge < -0.3 is 0 Å². The van der Waals surface area contributed by atoms with Crippen molar-refractivity contribution in [1.29, 1.82) is 0 Å². The molecule has 2 saturated heterocycles. The van der Waals surface area contributed by atoms with Crippen LogP contribution in [0.25, 0.3) is 0 Å². The van der Waals surface area contributed by atoms with Gasteiger partial charge in [0.2, 0.25) is 0 Å². The Bertz CT molecular complexity index is 755. The molecule has 2 aliphatic rings. The van der Waals surface area contributed by atoms with E-state index in [0.717, 1.165) is 34.6 Å². The molecule has 0 aliphatic carbocycles. The van der Waals surface area contributed by atoms with E-state index in [1.807, 2.05) is 0 Å². The number of aliphatic hydroxyl groups is 1. The van der Waals surface area contributed by atoms with Crippen LogP contribution in [0, 0.1) is 6.92 Å². The number of unbranched alkanes of at least 4 members (excludes halogenated alkanes) is 2. The second-order valence-corrected chi connectivity index (χ2v) is 16.9. The minimum atomic E-state index is -3.30. The predicted molar refractivity (Wildman–Crippen MR) is 102 cm³/mol. The molecule has 9 heteroatoms. The molecule has 2 fully saturated rings. The molecule has 4 atom stereocenters. The Labute approximate surface area is 163 Å². The van der Waals surface area contributed by atoms with Crippen LogP contribution in [-0.4, -0.2) is 58.8 Å². The average molecular weight is 489 g/mol. The molecule has 3 heterocycles. The first-order valence-electron chi connectivity index (χ1n) is 9.88. The van der Waals surface area contributed by atoms with Crippen molar-refractivity contribution in [2.45, 2.75) is 79.9 Å². The molecule has 2 aliphatic heterocycles. The molecule has 0 aromatic carbocycles. The van der Waals surface area contributed by atoms with Crippen molar-refractivity contribution in [2.75, 3.05) is 6.61 Å². The molecule has 152 valence electrons. The van der Waals surface area contributed by atoms with Crippen molar-refractivity contribution in [3.05, 3.63) is 32.6 Å². The number of hydrogen-bond acceptors (Lipinski definition) is 6. The van der Waals surface area contributed by atoms with Crippen LogP contribution in [0.1, 0.15) is 51.3 Å². The summed E-state index contributed by atoms with van der Waals surface area (Å²) in [4.78, 5) is 26.4. The molecule has 0 bridgehead atoms. The molecule has 27 heavy (non-hydrogen) atoms. The van der Waals surface area contributed by atoms with E-state index in [4.69, 9.17) is 10.9 Å². The summed E-state index contributed by atoms with van der Waals surface area (Å²) in [6, 6.07) is 0. The molecular weight excluding hydrogens is 459 g/mol. The van der Waals surface area contributed by atoms with E-state index < -0.39 is 48.9 Å². The fraction of sp³-hybridized carbons (Fsp3) is 0.778. The first kappa shape index (κ1) is 21.0. The van der Waals surface area contributed by atoms with Gasteiger partial charge in [-0.15, -0.1) is 0 Å². The van der Waals surface area contributed by atoms with E-state index in [-0.39, 0.29) is 12.7 Å². The monoisotopic (exact) mass is 490 g/mol. The standard InChI is InChI=1S/C10H12N2O6.2C4H9.Sn/c1-4-2-12(10(17)11-8(4)16)9-7(15)6(14)5(3-13)18-9;2*1-3-4-2;/h2,5-7,9,13H,3H2,1H3,(H,11,16,17);2*1,3-4H2,2H3;/q-2;;;+2/t5-,6?,7+,9-;;;/m1.../s1. The summed E-state index contributed by atoms with van der Waals surface area (Å²) in [6.07, 6.45) is 3.78. The van der Waals surface area contributed by atoms with Gasteiger partial charge >= 0.3 is 164 Å². The van der Waals surface area contributed by atoms with Gasteiger partial charge in [-0.1, -0.05) is 0 Å². The topological polar surface area (TPSA) is 103 Å². The molecule has 1 aromatic heterocycles. The summed E-state index contributed by atoms with van der Waals surface area (Å²) in [6.45, 7) is 5.75. The third-order valence-electron chi connectivity index (χ3n) is 5.41. The van der Waals surface area contributed by atoms with Gasteiger partial charge in [0.25, 0.3) is 0 Å². The minimum absolute atomic E-state index is 0.193. The van der Waals surface area contributed by atoms with Crippen LogP contribution in [-0.2, 0) is 10.9 Å². The number of aromatic nitrogens is 2. The van der Waals surface area contributed by atoms with Crippen molar-refractivity contribution >= 4 is 19.2 Å². The van der Waals surface area contributed by atoms with Crippen molar-refractivity contribution in [3.63, 3.8) is 0 Å². The van der Waals surface area contributed by atoms with Gasteiger partial charge in [0, 0.05) is 0 Å². The van der Waals surface area contributed by atoms with Crippen LogP contribution in [0.4, 0.5) is 0 Å². The maximum absolute atomic E-state index is 12.4. The Morgan fingerprint density at radius 2 is 1.78 bits per heavy atom. The zero-order valence-electron chi connectivity index (χ0n) is 16.3. The number of aryl methyl sites for hydroxylation is 1. The number of nitrogens with zero attached hydrogens (tertiary/aromatic N) is 1. The average Bonchev–Trinajstić information content (AvgIpc) is 3.17. The van der Waals surface area contributed by atoms with E-state index in [0.29, 0.717) is 5.56 Å². The molecular formula is C18H30N2O6Sn. The number of ether oxygens (including phenoxy) is 1. The van der Waals surface area contributed by atoms with Gasteiger partial charge in [-0.05, 0) is 0 Å². The summed E-state index contributed by atoms with van der Waals surface area (Å²) >= 11 is -3.30. The molecule has 0 spiro atoms. The summed E-state index contributed by atoms with van der Waals surface area (Å²) in [5, 5.41) is 9.79. The van der Waals surface area contributed by atoms with Crippen LogP contribution in [0.2, 0.25) is 8.87 Å². The first-order valence-corrected chi connectivity index (χ1v) is 16.3. The number of nitrogens with one attached hydrogen (secondary N) is 1. The number of H-pyrrole nitrogens is 1. The van der Waals surface area contributed by atoms with E-state index in [2.05, 4.69) is 18.8 Å². The normalized spacial score (nSPS) is 29.2. The fourth-order valence-corrected chi connectivity index (χ4v) is 15.6. The predicted octanol–water partition coefficient (Wildman–Crippen LogP) is 1.56. The van der Waals surface area contributed by atoms with Crippen LogP contribution in [0.5, 0.6) is 0 Å². The van der Waals surface area contributed by atoms with Crippen molar-refractivity contribution in [2.24, 2.45) is 0 Å². The maximum atomic E-state index is 12.4. The number of aliphatic hydroxyl groups excluding tert-OH is 1. The van der Waals surface area contributed by atoms with Gasteiger partial charge in [-0.3, -0.25) is 0 Å². The van der Waals surface area contributed by atoms with Crippen LogP contribution in [0.15, 0.2) is 15.8 Å². The van der Waals surface area contributed by atoms with E-state index in [1.54, 1.807) is 6.92 Å². The number of fused-ring (bicyclic) bond motifs is 1. The Morgan fingerprint density at radius 1 is 1.15 bits per heavy atom. The van der Waals surface area contributed by atoms with Gasteiger partial charge in [0.1, 0.15) is 0 Å². The molecule has 3 rings (SSSR count). The summed E-state index contributed by atoms with van der Waals surface area (Å²) in [7, 11) is 0. The zero-order valence-corrected chi connectivity index (χ0v) is 19.1. The number of aromatic amines is 1. The van der Waals surface area contributed by atoms with Gasteiger partial charge in [0.15, 0.2) is 0 Å². The molecule has 0 saturated carbocycles. The van der Waals surface area contributed by atoms with E-state index in [1.165, 1.54) is 10.8 Å². The van der Waals surface area contributed by atoms with Gasteiger partial charge in [-0.25, -0.2) is 0 Å². The van der Waals surface area contributed by atoms with Gasteiger partial charge in [-0.2, -0.15) is 0 Å². The van der Waals surface area contributed by atoms with Crippen molar-refractivity contribution < 1.29 is 16.0 Å². The Balaban J connectivity index is 1.92. The van der Waals surface area contributed by atoms with Crippen molar-refractivity contribution in [3.8, 4) is 0 Å².